The van der Waals surface area contributed by atoms with Gasteiger partial charge in [0.25, 0.3) is 0 Å². The molecule has 4 saturated carbocycles. The molecule has 2 atom stereocenters. The van der Waals surface area contributed by atoms with Gasteiger partial charge in [-0.05, 0) is 74.0 Å². The maximum Gasteiger partial charge on any atom is 0.376 e. The Morgan fingerprint density at radius 1 is 1.12 bits per heavy atom. The zero-order valence-electron chi connectivity index (χ0n) is 15.7. The summed E-state index contributed by atoms with van der Waals surface area (Å²) in [6.07, 6.45) is 8.49. The number of hydrogen-bond acceptors (Lipinski definition) is 3. The summed E-state index contributed by atoms with van der Waals surface area (Å²) in [7, 11) is 0. The van der Waals surface area contributed by atoms with Crippen molar-refractivity contribution in [3.05, 3.63) is 0 Å². The van der Waals surface area contributed by atoms with Crippen LogP contribution in [-0.2, 0) is 9.53 Å². The molecule has 0 amide bonds. The SMILES string of the molecule is CC(C)(CCO)CC12CC3CC(CC(COC(=O)C(C)(F)F)(C3)C1)C2. The van der Waals surface area contributed by atoms with E-state index in [1.807, 2.05) is 0 Å². The summed E-state index contributed by atoms with van der Waals surface area (Å²) in [4.78, 5) is 11.6. The zero-order valence-corrected chi connectivity index (χ0v) is 15.7. The lowest BCUT2D eigenvalue weighted by molar-refractivity contribution is -0.187. The highest BCUT2D eigenvalue weighted by molar-refractivity contribution is 5.76. The predicted octanol–water partition coefficient (Wildman–Crippen LogP) is 4.57. The van der Waals surface area contributed by atoms with Crippen molar-refractivity contribution in [3.63, 3.8) is 0 Å². The van der Waals surface area contributed by atoms with Crippen molar-refractivity contribution in [2.45, 2.75) is 78.1 Å². The van der Waals surface area contributed by atoms with Crippen LogP contribution in [0.2, 0.25) is 0 Å². The molecule has 5 heteroatoms. The molecule has 4 aliphatic rings. The molecule has 0 radical (unpaired) electrons. The fourth-order valence-corrected chi connectivity index (χ4v) is 6.78. The van der Waals surface area contributed by atoms with E-state index in [9.17, 15) is 18.7 Å². The van der Waals surface area contributed by atoms with Gasteiger partial charge in [-0.3, -0.25) is 0 Å². The molecule has 4 aliphatic carbocycles. The van der Waals surface area contributed by atoms with Gasteiger partial charge in [0.2, 0.25) is 0 Å². The van der Waals surface area contributed by atoms with Crippen molar-refractivity contribution in [2.24, 2.45) is 28.1 Å². The molecule has 4 bridgehead atoms. The highest BCUT2D eigenvalue weighted by Gasteiger charge is 2.59. The van der Waals surface area contributed by atoms with Crippen molar-refractivity contribution in [3.8, 4) is 0 Å². The summed E-state index contributed by atoms with van der Waals surface area (Å²) < 4.78 is 31.4. The van der Waals surface area contributed by atoms with E-state index in [0.717, 1.165) is 32.1 Å². The highest BCUT2D eigenvalue weighted by Crippen LogP contribution is 2.67. The van der Waals surface area contributed by atoms with Gasteiger partial charge in [0.1, 0.15) is 0 Å². The first-order valence-corrected chi connectivity index (χ1v) is 9.63. The molecule has 3 nitrogen and oxygen atoms in total. The van der Waals surface area contributed by atoms with Crippen LogP contribution in [-0.4, -0.2) is 30.2 Å². The number of aliphatic hydroxyl groups excluding tert-OH is 1. The second-order valence-electron chi connectivity index (χ2n) is 10.2. The van der Waals surface area contributed by atoms with Crippen LogP contribution in [0.15, 0.2) is 0 Å². The Bertz CT molecular complexity index is 510. The van der Waals surface area contributed by atoms with E-state index in [1.54, 1.807) is 0 Å². The zero-order chi connectivity index (χ0) is 18.5. The minimum atomic E-state index is -3.41. The molecule has 0 aromatic carbocycles. The summed E-state index contributed by atoms with van der Waals surface area (Å²) in [5, 5.41) is 9.36. The predicted molar refractivity (Wildman–Crippen MR) is 91.2 cm³/mol. The largest absolute Gasteiger partial charge is 0.461 e. The first-order chi connectivity index (χ1) is 11.5. The molecule has 25 heavy (non-hydrogen) atoms. The summed E-state index contributed by atoms with van der Waals surface area (Å²) in [6.45, 7) is 5.38. The number of carbonyl (C=O) groups excluding carboxylic acids is 1. The van der Waals surface area contributed by atoms with Gasteiger partial charge in [0.05, 0.1) is 6.61 Å². The first kappa shape index (κ1) is 19.1. The summed E-state index contributed by atoms with van der Waals surface area (Å²) >= 11 is 0. The second-order valence-corrected chi connectivity index (χ2v) is 10.2. The monoisotopic (exact) mass is 358 g/mol. The summed E-state index contributed by atoms with van der Waals surface area (Å²) in [6, 6.07) is 0. The van der Waals surface area contributed by atoms with Crippen LogP contribution in [0.4, 0.5) is 8.78 Å². The molecule has 0 aromatic heterocycles. The smallest absolute Gasteiger partial charge is 0.376 e. The van der Waals surface area contributed by atoms with Gasteiger partial charge >= 0.3 is 11.9 Å². The summed E-state index contributed by atoms with van der Waals surface area (Å²) in [5.41, 5.74) is 0.193. The second kappa shape index (κ2) is 6.17. The Kier molecular flexibility index (Phi) is 4.71. The number of aliphatic hydroxyl groups is 1. The fourth-order valence-electron chi connectivity index (χ4n) is 6.78. The van der Waals surface area contributed by atoms with Crippen molar-refractivity contribution >= 4 is 5.97 Å². The number of alkyl halides is 2. The van der Waals surface area contributed by atoms with E-state index in [-0.39, 0.29) is 29.5 Å². The molecule has 0 spiro atoms. The fraction of sp³-hybridized carbons (Fsp3) is 0.950. The quantitative estimate of drug-likeness (QED) is 0.678. The molecular weight excluding hydrogens is 326 g/mol. The van der Waals surface area contributed by atoms with Crippen molar-refractivity contribution in [2.75, 3.05) is 13.2 Å². The standard InChI is InChI=1S/C20H32F2O3/c1-17(2,4-5-23)11-19-7-14-6-15(8-19)10-20(9-14,12-19)13-25-16(24)18(3,21)22/h14-15,23H,4-13H2,1-3H3. The van der Waals surface area contributed by atoms with Crippen molar-refractivity contribution in [1.29, 1.82) is 0 Å². The van der Waals surface area contributed by atoms with E-state index < -0.39 is 11.9 Å². The Labute approximate surface area is 149 Å². The van der Waals surface area contributed by atoms with Crippen LogP contribution >= 0.6 is 0 Å². The number of carbonyl (C=O) groups is 1. The van der Waals surface area contributed by atoms with Gasteiger partial charge in [-0.1, -0.05) is 13.8 Å². The number of hydrogen-bond donors (Lipinski definition) is 1. The van der Waals surface area contributed by atoms with Gasteiger partial charge in [-0.15, -0.1) is 0 Å². The summed E-state index contributed by atoms with van der Waals surface area (Å²) in [5.74, 6) is -3.54. The van der Waals surface area contributed by atoms with Gasteiger partial charge in [0.15, 0.2) is 0 Å². The Balaban J connectivity index is 1.73. The maximum absolute atomic E-state index is 13.2. The van der Waals surface area contributed by atoms with Crippen molar-refractivity contribution < 1.29 is 23.4 Å². The molecule has 4 rings (SSSR count). The molecule has 144 valence electrons. The molecule has 2 unspecified atom stereocenters. The van der Waals surface area contributed by atoms with Crippen LogP contribution in [0.1, 0.15) is 72.1 Å². The topological polar surface area (TPSA) is 46.5 Å². The average molecular weight is 358 g/mol. The molecule has 0 heterocycles. The van der Waals surface area contributed by atoms with Crippen LogP contribution in [0.5, 0.6) is 0 Å². The van der Waals surface area contributed by atoms with Crippen LogP contribution in [0.3, 0.4) is 0 Å². The highest BCUT2D eigenvalue weighted by atomic mass is 19.3. The van der Waals surface area contributed by atoms with Crippen molar-refractivity contribution in [1.82, 2.24) is 0 Å². The minimum Gasteiger partial charge on any atom is -0.461 e. The average Bonchev–Trinajstić information content (AvgIpc) is 2.40. The third-order valence-electron chi connectivity index (χ3n) is 6.81. The third-order valence-corrected chi connectivity index (χ3v) is 6.81. The van der Waals surface area contributed by atoms with Gasteiger partial charge < -0.3 is 9.84 Å². The minimum absolute atomic E-state index is 0.0781. The van der Waals surface area contributed by atoms with Crippen LogP contribution in [0.25, 0.3) is 0 Å². The van der Waals surface area contributed by atoms with E-state index >= 15 is 0 Å². The first-order valence-electron chi connectivity index (χ1n) is 9.63. The lowest BCUT2D eigenvalue weighted by atomic mass is 9.42. The number of esters is 1. The lowest BCUT2D eigenvalue weighted by Gasteiger charge is -2.63. The van der Waals surface area contributed by atoms with Gasteiger partial charge in [-0.2, -0.15) is 8.78 Å². The molecule has 0 aromatic rings. The molecule has 1 N–H and O–H groups in total. The molecule has 0 saturated heterocycles. The lowest BCUT2D eigenvalue weighted by Crippen LogP contribution is -2.55. The van der Waals surface area contributed by atoms with Gasteiger partial charge in [0, 0.05) is 18.9 Å². The Morgan fingerprint density at radius 2 is 1.68 bits per heavy atom. The van der Waals surface area contributed by atoms with E-state index in [4.69, 9.17) is 4.74 Å². The van der Waals surface area contributed by atoms with Crippen LogP contribution in [0, 0.1) is 28.1 Å². The van der Waals surface area contributed by atoms with E-state index in [1.165, 1.54) is 19.3 Å². The van der Waals surface area contributed by atoms with Gasteiger partial charge in [-0.25, -0.2) is 4.79 Å². The maximum atomic E-state index is 13.2. The molecular formula is C20H32F2O3. The third kappa shape index (κ3) is 4.01. The normalized spacial score (nSPS) is 37.4. The number of halogens is 2. The molecule has 0 aliphatic heterocycles. The molecule has 4 fully saturated rings. The Morgan fingerprint density at radius 3 is 2.20 bits per heavy atom. The Hall–Kier alpha value is -0.710. The number of ether oxygens (including phenoxy) is 1. The van der Waals surface area contributed by atoms with E-state index in [2.05, 4.69) is 13.8 Å². The van der Waals surface area contributed by atoms with Crippen LogP contribution < -0.4 is 0 Å². The number of rotatable bonds is 7. The van der Waals surface area contributed by atoms with E-state index in [0.29, 0.717) is 18.8 Å².